The van der Waals surface area contributed by atoms with Gasteiger partial charge < -0.3 is 10.1 Å². The molecule has 1 aromatic carbocycles. The highest BCUT2D eigenvalue weighted by Gasteiger charge is 2.10. The van der Waals surface area contributed by atoms with Crippen LogP contribution in [0.4, 0.5) is 0 Å². The molecule has 0 aliphatic carbocycles. The smallest absolute Gasteiger partial charge is 0.230 e. The summed E-state index contributed by atoms with van der Waals surface area (Å²) in [4.78, 5) is 13.3. The Morgan fingerprint density at radius 3 is 2.93 bits per heavy atom. The quantitative estimate of drug-likeness (QED) is 0.360. The summed E-state index contributed by atoms with van der Waals surface area (Å²) in [5.41, 5.74) is 1.15. The van der Waals surface area contributed by atoms with Crippen LogP contribution in [0, 0.1) is 0 Å². The van der Waals surface area contributed by atoms with Gasteiger partial charge in [0.2, 0.25) is 11.1 Å². The van der Waals surface area contributed by atoms with Crippen LogP contribution in [0.5, 0.6) is 0 Å². The number of thiophene rings is 1. The van der Waals surface area contributed by atoms with Crippen molar-refractivity contribution in [2.75, 3.05) is 18.9 Å². The fourth-order valence-electron chi connectivity index (χ4n) is 2.46. The van der Waals surface area contributed by atoms with Gasteiger partial charge >= 0.3 is 0 Å². The number of hydrogen-bond donors (Lipinski definition) is 1. The SMILES string of the molecule is O=C(CSc1nnnn1CCc1cccs1)NCCCOCc1ccccc1. The van der Waals surface area contributed by atoms with E-state index in [0.29, 0.717) is 37.2 Å². The van der Waals surface area contributed by atoms with E-state index in [2.05, 4.69) is 32.3 Å². The number of aromatic nitrogens is 4. The minimum Gasteiger partial charge on any atom is -0.377 e. The molecular weight excluding hydrogens is 394 g/mol. The van der Waals surface area contributed by atoms with E-state index in [0.717, 1.165) is 18.4 Å². The van der Waals surface area contributed by atoms with Crippen molar-refractivity contribution in [2.24, 2.45) is 0 Å². The van der Waals surface area contributed by atoms with Crippen molar-refractivity contribution >= 4 is 29.0 Å². The van der Waals surface area contributed by atoms with Gasteiger partial charge in [0.25, 0.3) is 0 Å². The second-order valence-corrected chi connectivity index (χ2v) is 8.02. The lowest BCUT2D eigenvalue weighted by molar-refractivity contribution is -0.118. The first-order chi connectivity index (χ1) is 13.8. The van der Waals surface area contributed by atoms with E-state index in [1.54, 1.807) is 16.0 Å². The Kier molecular flexibility index (Phi) is 8.48. The molecule has 0 unspecified atom stereocenters. The normalized spacial score (nSPS) is 10.9. The molecular formula is C19H23N5O2S2. The summed E-state index contributed by atoms with van der Waals surface area (Å²) in [6.45, 7) is 2.51. The molecule has 28 heavy (non-hydrogen) atoms. The highest BCUT2D eigenvalue weighted by Crippen LogP contribution is 2.15. The third-order valence-corrected chi connectivity index (χ3v) is 5.77. The zero-order valence-corrected chi connectivity index (χ0v) is 17.1. The van der Waals surface area contributed by atoms with Gasteiger partial charge in [-0.1, -0.05) is 48.2 Å². The van der Waals surface area contributed by atoms with Gasteiger partial charge in [0, 0.05) is 24.4 Å². The highest BCUT2D eigenvalue weighted by molar-refractivity contribution is 7.99. The van der Waals surface area contributed by atoms with Crippen molar-refractivity contribution in [2.45, 2.75) is 31.1 Å². The van der Waals surface area contributed by atoms with Crippen LogP contribution in [0.1, 0.15) is 16.9 Å². The maximum Gasteiger partial charge on any atom is 0.230 e. The van der Waals surface area contributed by atoms with Crippen molar-refractivity contribution in [1.82, 2.24) is 25.5 Å². The van der Waals surface area contributed by atoms with E-state index in [4.69, 9.17) is 4.74 Å². The fraction of sp³-hybridized carbons (Fsp3) is 0.368. The number of nitrogens with zero attached hydrogens (tertiary/aromatic N) is 4. The number of benzene rings is 1. The zero-order chi connectivity index (χ0) is 19.4. The predicted molar refractivity (Wildman–Crippen MR) is 110 cm³/mol. The molecule has 0 atom stereocenters. The van der Waals surface area contributed by atoms with Crippen molar-refractivity contribution in [1.29, 1.82) is 0 Å². The van der Waals surface area contributed by atoms with E-state index in [-0.39, 0.29) is 5.91 Å². The Hall–Kier alpha value is -2.23. The van der Waals surface area contributed by atoms with Gasteiger partial charge in [-0.15, -0.1) is 16.4 Å². The first-order valence-corrected chi connectivity index (χ1v) is 11.0. The number of nitrogens with one attached hydrogen (secondary N) is 1. The third kappa shape index (κ3) is 7.06. The molecule has 3 rings (SSSR count). The number of rotatable bonds is 12. The van der Waals surface area contributed by atoms with Crippen LogP contribution < -0.4 is 5.32 Å². The first kappa shape index (κ1) is 20.5. The summed E-state index contributed by atoms with van der Waals surface area (Å²) in [6, 6.07) is 14.2. The lowest BCUT2D eigenvalue weighted by Crippen LogP contribution is -2.27. The number of ether oxygens (including phenoxy) is 1. The number of amides is 1. The maximum atomic E-state index is 12.0. The summed E-state index contributed by atoms with van der Waals surface area (Å²) >= 11 is 3.07. The third-order valence-electron chi connectivity index (χ3n) is 3.88. The molecule has 0 fully saturated rings. The molecule has 148 valence electrons. The number of carbonyl (C=O) groups is 1. The van der Waals surface area contributed by atoms with E-state index < -0.39 is 0 Å². The average molecular weight is 418 g/mol. The molecule has 0 aliphatic heterocycles. The molecule has 0 spiro atoms. The highest BCUT2D eigenvalue weighted by atomic mass is 32.2. The van der Waals surface area contributed by atoms with Crippen LogP contribution in [-0.4, -0.2) is 45.0 Å². The number of carbonyl (C=O) groups excluding carboxylic acids is 1. The van der Waals surface area contributed by atoms with Crippen LogP contribution in [0.25, 0.3) is 0 Å². The number of hydrogen-bond acceptors (Lipinski definition) is 7. The first-order valence-electron chi connectivity index (χ1n) is 9.11. The largest absolute Gasteiger partial charge is 0.377 e. The molecule has 2 heterocycles. The molecule has 0 saturated heterocycles. The summed E-state index contributed by atoms with van der Waals surface area (Å²) in [7, 11) is 0. The van der Waals surface area contributed by atoms with E-state index in [1.807, 2.05) is 36.4 Å². The molecule has 0 radical (unpaired) electrons. The Morgan fingerprint density at radius 2 is 2.11 bits per heavy atom. The molecule has 9 heteroatoms. The number of aryl methyl sites for hydroxylation is 2. The standard InChI is InChI=1S/C19H23N5O2S2/c25-18(20-10-5-12-26-14-16-6-2-1-3-7-16)15-28-19-21-22-23-24(19)11-9-17-8-4-13-27-17/h1-4,6-8,13H,5,9-12,14-15H2,(H,20,25). The Bertz CT molecular complexity index is 824. The summed E-state index contributed by atoms with van der Waals surface area (Å²) in [6.07, 6.45) is 1.66. The van der Waals surface area contributed by atoms with E-state index >= 15 is 0 Å². The predicted octanol–water partition coefficient (Wildman–Crippen LogP) is 2.79. The average Bonchev–Trinajstić information content (AvgIpc) is 3.39. The maximum absolute atomic E-state index is 12.0. The molecule has 1 amide bonds. The molecule has 0 saturated carbocycles. The van der Waals surface area contributed by atoms with Gasteiger partial charge in [0.05, 0.1) is 18.9 Å². The monoisotopic (exact) mass is 417 g/mol. The summed E-state index contributed by atoms with van der Waals surface area (Å²) in [5, 5.41) is 17.4. The fourth-order valence-corrected chi connectivity index (χ4v) is 3.89. The van der Waals surface area contributed by atoms with Crippen molar-refractivity contribution in [3.8, 4) is 0 Å². The lowest BCUT2D eigenvalue weighted by atomic mass is 10.2. The van der Waals surface area contributed by atoms with Crippen LogP contribution in [0.2, 0.25) is 0 Å². The molecule has 7 nitrogen and oxygen atoms in total. The second kappa shape index (κ2) is 11.6. The molecule has 2 aromatic heterocycles. The topological polar surface area (TPSA) is 81.9 Å². The molecule has 0 aliphatic rings. The minimum atomic E-state index is -0.0270. The molecule has 1 N–H and O–H groups in total. The van der Waals surface area contributed by atoms with Crippen molar-refractivity contribution in [3.63, 3.8) is 0 Å². The molecule has 3 aromatic rings. The van der Waals surface area contributed by atoms with Crippen LogP contribution >= 0.6 is 23.1 Å². The van der Waals surface area contributed by atoms with Crippen LogP contribution in [-0.2, 0) is 29.1 Å². The Morgan fingerprint density at radius 1 is 1.21 bits per heavy atom. The van der Waals surface area contributed by atoms with Gasteiger partial charge in [-0.2, -0.15) is 0 Å². The number of thioether (sulfide) groups is 1. The van der Waals surface area contributed by atoms with Crippen molar-refractivity contribution in [3.05, 3.63) is 58.3 Å². The zero-order valence-electron chi connectivity index (χ0n) is 15.5. The minimum absolute atomic E-state index is 0.0270. The lowest BCUT2D eigenvalue weighted by Gasteiger charge is -2.07. The van der Waals surface area contributed by atoms with E-state index in [9.17, 15) is 4.79 Å². The summed E-state index contributed by atoms with van der Waals surface area (Å²) < 4.78 is 7.35. The van der Waals surface area contributed by atoms with Crippen molar-refractivity contribution < 1.29 is 9.53 Å². The van der Waals surface area contributed by atoms with E-state index in [1.165, 1.54) is 16.6 Å². The summed E-state index contributed by atoms with van der Waals surface area (Å²) in [5.74, 6) is 0.269. The van der Waals surface area contributed by atoms with Crippen LogP contribution in [0.15, 0.2) is 53.0 Å². The molecule has 0 bridgehead atoms. The van der Waals surface area contributed by atoms with Gasteiger partial charge in [0.1, 0.15) is 0 Å². The van der Waals surface area contributed by atoms with Gasteiger partial charge in [0.15, 0.2) is 0 Å². The second-order valence-electron chi connectivity index (χ2n) is 6.04. The van der Waals surface area contributed by atoms with Crippen LogP contribution in [0.3, 0.4) is 0 Å². The van der Waals surface area contributed by atoms with Gasteiger partial charge in [-0.25, -0.2) is 4.68 Å². The Labute approximate surface area is 172 Å². The van der Waals surface area contributed by atoms with Gasteiger partial charge in [-0.3, -0.25) is 4.79 Å². The number of tetrazole rings is 1. The van der Waals surface area contributed by atoms with Gasteiger partial charge in [-0.05, 0) is 33.9 Å². The Balaban J connectivity index is 1.27.